The minimum Gasteiger partial charge on any atom is -0.478 e. The molecule has 1 aliphatic heterocycles. The van der Waals surface area contributed by atoms with Crippen LogP contribution in [0.1, 0.15) is 18.4 Å². The molecule has 0 aromatic heterocycles. The zero-order valence-corrected chi connectivity index (χ0v) is 13.3. The molecule has 1 aromatic carbocycles. The molecule has 0 saturated heterocycles. The molecule has 0 fully saturated rings. The average molecular weight is 338 g/mol. The lowest BCUT2D eigenvalue weighted by Crippen LogP contribution is -2.33. The number of allylic oxidation sites excluding steroid dienone is 1. The molecule has 1 heterocycles. The maximum atomic E-state index is 12.2. The van der Waals surface area contributed by atoms with Gasteiger partial charge in [0.1, 0.15) is 0 Å². The second-order valence-electron chi connectivity index (χ2n) is 4.97. The molecule has 122 valence electrons. The third kappa shape index (κ3) is 3.09. The van der Waals surface area contributed by atoms with Crippen molar-refractivity contribution in [2.45, 2.75) is 12.8 Å². The minimum absolute atomic E-state index is 0.118. The number of nitrogens with one attached hydrogen (secondary N) is 1. The number of aliphatic hydroxyl groups is 1. The van der Waals surface area contributed by atoms with E-state index in [0.29, 0.717) is 16.3 Å². The average Bonchev–Trinajstić information content (AvgIpc) is 2.53. The van der Waals surface area contributed by atoms with Crippen LogP contribution in [0.5, 0.6) is 0 Å². The summed E-state index contributed by atoms with van der Waals surface area (Å²) in [5.74, 6) is -2.84. The Morgan fingerprint density at radius 1 is 1.30 bits per heavy atom. The number of dihydropyridines is 1. The normalized spacial score (nSPS) is 17.8. The van der Waals surface area contributed by atoms with Crippen LogP contribution in [0.15, 0.2) is 46.8 Å². The number of carboxylic acids is 1. The third-order valence-corrected chi connectivity index (χ3v) is 4.00. The van der Waals surface area contributed by atoms with Crippen molar-refractivity contribution in [3.63, 3.8) is 0 Å². The molecule has 0 saturated carbocycles. The number of carbonyl (C=O) groups excluding carboxylic acids is 1. The van der Waals surface area contributed by atoms with Gasteiger partial charge in [0.2, 0.25) is 0 Å². The molecule has 0 spiro atoms. The van der Waals surface area contributed by atoms with Gasteiger partial charge in [-0.3, -0.25) is 0 Å². The fraction of sp³-hybridized carbons (Fsp3) is 0.250. The van der Waals surface area contributed by atoms with E-state index in [0.717, 1.165) is 0 Å². The second-order valence-corrected chi connectivity index (χ2v) is 5.37. The SMILES string of the molecule is COC(=O)C1=C(C)NC(CO)=C(C(=O)O)C1c1ccccc1Cl. The highest BCUT2D eigenvalue weighted by molar-refractivity contribution is 6.31. The van der Waals surface area contributed by atoms with Gasteiger partial charge >= 0.3 is 11.9 Å². The van der Waals surface area contributed by atoms with E-state index in [2.05, 4.69) is 5.32 Å². The molecule has 0 bridgehead atoms. The van der Waals surface area contributed by atoms with Gasteiger partial charge in [0, 0.05) is 10.7 Å². The fourth-order valence-corrected chi connectivity index (χ4v) is 2.92. The highest BCUT2D eigenvalue weighted by Gasteiger charge is 2.38. The first-order valence-corrected chi connectivity index (χ1v) is 7.17. The molecule has 2 rings (SSSR count). The summed E-state index contributed by atoms with van der Waals surface area (Å²) in [7, 11) is 1.22. The van der Waals surface area contributed by atoms with Crippen LogP contribution < -0.4 is 5.32 Å². The first kappa shape index (κ1) is 17.1. The lowest BCUT2D eigenvalue weighted by atomic mass is 9.80. The standard InChI is InChI=1S/C16H16ClNO5/c1-8-12(16(22)23-2)13(9-5-3-4-6-10(9)17)14(15(20)21)11(7-19)18-8/h3-6,13,18-19H,7H2,1-2H3,(H,20,21). The van der Waals surface area contributed by atoms with Gasteiger partial charge in [0.15, 0.2) is 0 Å². The zero-order chi connectivity index (χ0) is 17.1. The number of methoxy groups -OCH3 is 1. The van der Waals surface area contributed by atoms with Crippen molar-refractivity contribution in [1.29, 1.82) is 0 Å². The number of carboxylic acid groups (broad SMARTS) is 1. The van der Waals surface area contributed by atoms with Crippen molar-refractivity contribution in [1.82, 2.24) is 5.32 Å². The number of rotatable bonds is 4. The summed E-state index contributed by atoms with van der Waals surface area (Å²) < 4.78 is 4.79. The molecule has 1 unspecified atom stereocenters. The molecule has 1 atom stereocenters. The maximum absolute atomic E-state index is 12.2. The van der Waals surface area contributed by atoms with E-state index < -0.39 is 24.5 Å². The highest BCUT2D eigenvalue weighted by Crippen LogP contribution is 2.41. The monoisotopic (exact) mass is 337 g/mol. The van der Waals surface area contributed by atoms with E-state index in [9.17, 15) is 19.8 Å². The first-order chi connectivity index (χ1) is 10.9. The van der Waals surface area contributed by atoms with Crippen molar-refractivity contribution >= 4 is 23.5 Å². The lowest BCUT2D eigenvalue weighted by molar-refractivity contribution is -0.136. The fourth-order valence-electron chi connectivity index (χ4n) is 2.67. The molecule has 1 aliphatic rings. The van der Waals surface area contributed by atoms with Crippen LogP contribution in [0.4, 0.5) is 0 Å². The Bertz CT molecular complexity index is 723. The van der Waals surface area contributed by atoms with E-state index in [4.69, 9.17) is 16.3 Å². The molecule has 0 amide bonds. The summed E-state index contributed by atoms with van der Waals surface area (Å²) in [4.78, 5) is 23.9. The number of aliphatic hydroxyl groups excluding tert-OH is 1. The van der Waals surface area contributed by atoms with Gasteiger partial charge in [-0.1, -0.05) is 29.8 Å². The number of hydrogen-bond donors (Lipinski definition) is 3. The van der Waals surface area contributed by atoms with Crippen molar-refractivity contribution in [3.05, 3.63) is 57.4 Å². The Morgan fingerprint density at radius 3 is 2.48 bits per heavy atom. The predicted molar refractivity (Wildman–Crippen MR) is 83.8 cm³/mol. The molecular formula is C16H16ClNO5. The summed E-state index contributed by atoms with van der Waals surface area (Å²) in [6.45, 7) is 1.11. The van der Waals surface area contributed by atoms with Crippen LogP contribution in [-0.4, -0.2) is 35.9 Å². The zero-order valence-electron chi connectivity index (χ0n) is 12.6. The first-order valence-electron chi connectivity index (χ1n) is 6.80. The number of aliphatic carboxylic acids is 1. The predicted octanol–water partition coefficient (Wildman–Crippen LogP) is 1.80. The lowest BCUT2D eigenvalue weighted by Gasteiger charge is -2.30. The van der Waals surface area contributed by atoms with Gasteiger partial charge in [0.25, 0.3) is 0 Å². The van der Waals surface area contributed by atoms with Crippen LogP contribution in [0.25, 0.3) is 0 Å². The van der Waals surface area contributed by atoms with Crippen molar-refractivity contribution in [2.24, 2.45) is 0 Å². The highest BCUT2D eigenvalue weighted by atomic mass is 35.5. The maximum Gasteiger partial charge on any atom is 0.336 e. The molecule has 0 aliphatic carbocycles. The Hall–Kier alpha value is -2.31. The summed E-state index contributed by atoms with van der Waals surface area (Å²) in [5.41, 5.74) is 1.00. The molecule has 0 radical (unpaired) electrons. The number of halogens is 1. The van der Waals surface area contributed by atoms with Crippen molar-refractivity contribution < 1.29 is 24.5 Å². The van der Waals surface area contributed by atoms with Crippen LogP contribution in [0.3, 0.4) is 0 Å². The van der Waals surface area contributed by atoms with Gasteiger partial charge < -0.3 is 20.3 Å². The van der Waals surface area contributed by atoms with E-state index in [1.54, 1.807) is 31.2 Å². The Labute approximate surface area is 138 Å². The third-order valence-electron chi connectivity index (χ3n) is 3.65. The summed E-state index contributed by atoms with van der Waals surface area (Å²) in [6, 6.07) is 6.66. The molecule has 7 heteroatoms. The van der Waals surface area contributed by atoms with Gasteiger partial charge in [-0.2, -0.15) is 0 Å². The molecular weight excluding hydrogens is 322 g/mol. The number of hydrogen-bond acceptors (Lipinski definition) is 5. The van der Waals surface area contributed by atoms with Crippen LogP contribution in [0, 0.1) is 0 Å². The van der Waals surface area contributed by atoms with Crippen LogP contribution in [-0.2, 0) is 14.3 Å². The van der Waals surface area contributed by atoms with E-state index in [-0.39, 0.29) is 16.8 Å². The molecule has 6 nitrogen and oxygen atoms in total. The van der Waals surface area contributed by atoms with Crippen LogP contribution in [0.2, 0.25) is 5.02 Å². The number of benzene rings is 1. The van der Waals surface area contributed by atoms with Crippen LogP contribution >= 0.6 is 11.6 Å². The van der Waals surface area contributed by atoms with Crippen molar-refractivity contribution in [2.75, 3.05) is 13.7 Å². The summed E-state index contributed by atoms with van der Waals surface area (Å²) >= 11 is 6.21. The van der Waals surface area contributed by atoms with E-state index in [1.165, 1.54) is 7.11 Å². The van der Waals surface area contributed by atoms with Gasteiger partial charge in [-0.25, -0.2) is 9.59 Å². The van der Waals surface area contributed by atoms with E-state index in [1.807, 2.05) is 0 Å². The topological polar surface area (TPSA) is 95.9 Å². The van der Waals surface area contributed by atoms with Gasteiger partial charge in [-0.15, -0.1) is 0 Å². The number of esters is 1. The largest absolute Gasteiger partial charge is 0.478 e. The Morgan fingerprint density at radius 2 is 1.96 bits per heavy atom. The number of carbonyl (C=O) groups is 2. The Balaban J connectivity index is 2.76. The van der Waals surface area contributed by atoms with Gasteiger partial charge in [0.05, 0.1) is 36.5 Å². The quantitative estimate of drug-likeness (QED) is 0.725. The summed E-state index contributed by atoms with van der Waals surface area (Å²) in [5, 5.41) is 22.2. The summed E-state index contributed by atoms with van der Waals surface area (Å²) in [6.07, 6.45) is 0. The Kier molecular flexibility index (Phi) is 5.08. The van der Waals surface area contributed by atoms with Gasteiger partial charge in [-0.05, 0) is 18.6 Å². The number of ether oxygens (including phenoxy) is 1. The second kappa shape index (κ2) is 6.85. The molecule has 3 N–H and O–H groups in total. The molecule has 23 heavy (non-hydrogen) atoms. The smallest absolute Gasteiger partial charge is 0.336 e. The molecule has 1 aromatic rings. The van der Waals surface area contributed by atoms with E-state index >= 15 is 0 Å². The minimum atomic E-state index is -1.25. The van der Waals surface area contributed by atoms with Crippen molar-refractivity contribution in [3.8, 4) is 0 Å².